The minimum absolute atomic E-state index is 0.00588. The van der Waals surface area contributed by atoms with Crippen LogP contribution < -0.4 is 5.32 Å². The average Bonchev–Trinajstić information content (AvgIpc) is 3.27. The molecule has 2 aliphatic heterocycles. The molecule has 4 rings (SSSR count). The quantitative estimate of drug-likeness (QED) is 0.584. The summed E-state index contributed by atoms with van der Waals surface area (Å²) in [7, 11) is 1.53. The molecule has 2 aliphatic rings. The number of aliphatic hydroxyl groups excluding tert-OH is 2. The Kier molecular flexibility index (Phi) is 6.01. The van der Waals surface area contributed by atoms with Crippen LogP contribution in [0.5, 0.6) is 0 Å². The van der Waals surface area contributed by atoms with Crippen LogP contribution in [0.25, 0.3) is 11.1 Å². The van der Waals surface area contributed by atoms with Gasteiger partial charge in [0, 0.05) is 36.4 Å². The fourth-order valence-electron chi connectivity index (χ4n) is 4.10. The zero-order valence-electron chi connectivity index (χ0n) is 18.9. The number of aliphatic hydroxyl groups is 2. The molecule has 1 atom stereocenters. The van der Waals surface area contributed by atoms with Gasteiger partial charge in [0.25, 0.3) is 11.8 Å². The summed E-state index contributed by atoms with van der Waals surface area (Å²) in [5.41, 5.74) is 1.56. The number of allylic oxidation sites excluding steroid dienone is 1. The Balaban J connectivity index is 1.66. The van der Waals surface area contributed by atoms with Crippen molar-refractivity contribution in [3.63, 3.8) is 0 Å². The number of rotatable bonds is 5. The molecule has 0 radical (unpaired) electrons. The molecule has 34 heavy (non-hydrogen) atoms. The molecular weight excluding hydrogens is 446 g/mol. The predicted molar refractivity (Wildman–Crippen MR) is 122 cm³/mol. The number of hydrogen-bond donors (Lipinski definition) is 3. The summed E-state index contributed by atoms with van der Waals surface area (Å²) < 4.78 is 33.5. The maximum absolute atomic E-state index is 13.9. The predicted octanol–water partition coefficient (Wildman–Crippen LogP) is 2.95. The average molecular weight is 470 g/mol. The first-order chi connectivity index (χ1) is 16.0. The number of nitrogens with one attached hydrogen (secondary N) is 1. The number of benzene rings is 2. The highest BCUT2D eigenvalue weighted by Gasteiger charge is 2.38. The molecular formula is C25H24F2N2O5. The third-order valence-corrected chi connectivity index (χ3v) is 5.83. The Morgan fingerprint density at radius 1 is 1.18 bits per heavy atom. The molecule has 0 bridgehead atoms. The number of carbonyl (C=O) groups is 2. The Morgan fingerprint density at radius 2 is 1.82 bits per heavy atom. The van der Waals surface area contributed by atoms with Crippen molar-refractivity contribution in [2.24, 2.45) is 0 Å². The van der Waals surface area contributed by atoms with Gasteiger partial charge in [-0.2, -0.15) is 0 Å². The first kappa shape index (κ1) is 23.6. The normalized spacial score (nSPS) is 19.3. The molecule has 2 amide bonds. The van der Waals surface area contributed by atoms with Crippen molar-refractivity contribution in [3.8, 4) is 0 Å². The summed E-state index contributed by atoms with van der Waals surface area (Å²) in [6.45, 7) is 3.18. The van der Waals surface area contributed by atoms with Gasteiger partial charge in [0.2, 0.25) is 0 Å². The van der Waals surface area contributed by atoms with Crippen molar-refractivity contribution in [1.29, 1.82) is 0 Å². The van der Waals surface area contributed by atoms with Crippen molar-refractivity contribution in [2.45, 2.75) is 25.6 Å². The van der Waals surface area contributed by atoms with Crippen LogP contribution in [-0.2, 0) is 9.53 Å². The summed E-state index contributed by atoms with van der Waals surface area (Å²) in [4.78, 5) is 26.5. The van der Waals surface area contributed by atoms with Gasteiger partial charge in [-0.3, -0.25) is 9.59 Å². The molecule has 2 aromatic rings. The Bertz CT molecular complexity index is 1230. The van der Waals surface area contributed by atoms with E-state index in [1.165, 1.54) is 11.9 Å². The number of nitrogens with zero attached hydrogens (tertiary/aromatic N) is 1. The third kappa shape index (κ3) is 4.20. The monoisotopic (exact) mass is 470 g/mol. The number of carbonyl (C=O) groups excluding carboxylic acids is 2. The van der Waals surface area contributed by atoms with Crippen LogP contribution in [-0.4, -0.2) is 58.8 Å². The zero-order chi connectivity index (χ0) is 24.8. The summed E-state index contributed by atoms with van der Waals surface area (Å²) in [6.07, 6.45) is 0.662. The van der Waals surface area contributed by atoms with Crippen molar-refractivity contribution in [3.05, 3.63) is 76.6 Å². The highest BCUT2D eigenvalue weighted by Crippen LogP contribution is 2.44. The molecule has 0 fully saturated rings. The largest absolute Gasteiger partial charge is 0.482 e. The summed E-state index contributed by atoms with van der Waals surface area (Å²) in [5.74, 6) is -2.71. The van der Waals surface area contributed by atoms with Crippen LogP contribution in [0.2, 0.25) is 0 Å². The number of hydrogen-bond acceptors (Lipinski definition) is 5. The molecule has 9 heteroatoms. The van der Waals surface area contributed by atoms with Crippen LogP contribution in [0.1, 0.15) is 35.3 Å². The van der Waals surface area contributed by atoms with Crippen LogP contribution in [0.3, 0.4) is 0 Å². The molecule has 1 unspecified atom stereocenters. The van der Waals surface area contributed by atoms with Crippen molar-refractivity contribution < 1.29 is 33.3 Å². The molecule has 0 saturated heterocycles. The smallest absolute Gasteiger partial charge is 0.260 e. The molecule has 3 N–H and O–H groups in total. The van der Waals surface area contributed by atoms with E-state index in [0.717, 1.165) is 23.3 Å². The highest BCUT2D eigenvalue weighted by molar-refractivity contribution is 6.32. The first-order valence-electron chi connectivity index (χ1n) is 10.6. The number of halogens is 2. The Labute approximate surface area is 195 Å². The standard InChI is InChI=1S/C25H24F2N2O5/c1-25(2)17(13-4-6-14(7-5-13)24(33)29(3)11-15(31)12-30)9-21(34-25)22-16-8-18(26)19(27)10-20(16)28-23(22)32/h4-10,15,30-31H,11-12H2,1-3H3,(H,28,32)/b22-21-. The van der Waals surface area contributed by atoms with Gasteiger partial charge < -0.3 is 25.2 Å². The molecule has 0 saturated carbocycles. The molecule has 2 aromatic carbocycles. The van der Waals surface area contributed by atoms with E-state index in [9.17, 15) is 23.5 Å². The van der Waals surface area contributed by atoms with E-state index in [2.05, 4.69) is 5.32 Å². The molecule has 178 valence electrons. The van der Waals surface area contributed by atoms with Gasteiger partial charge in [0.1, 0.15) is 11.4 Å². The number of fused-ring (bicyclic) bond motifs is 1. The first-order valence-corrected chi connectivity index (χ1v) is 10.6. The molecule has 0 aromatic heterocycles. The second kappa shape index (κ2) is 8.66. The third-order valence-electron chi connectivity index (χ3n) is 5.83. The van der Waals surface area contributed by atoms with Gasteiger partial charge in [-0.05, 0) is 43.7 Å². The van der Waals surface area contributed by atoms with Crippen molar-refractivity contribution >= 4 is 28.6 Å². The number of anilines is 1. The minimum atomic E-state index is -1.06. The lowest BCUT2D eigenvalue weighted by Gasteiger charge is -2.24. The second-order valence-corrected chi connectivity index (χ2v) is 8.78. The van der Waals surface area contributed by atoms with E-state index in [1.807, 2.05) is 13.8 Å². The van der Waals surface area contributed by atoms with Crippen LogP contribution in [0, 0.1) is 11.6 Å². The van der Waals surface area contributed by atoms with Gasteiger partial charge in [-0.15, -0.1) is 0 Å². The summed E-state index contributed by atoms with van der Waals surface area (Å²) in [6, 6.07) is 8.66. The fourth-order valence-corrected chi connectivity index (χ4v) is 4.10. The number of amides is 2. The molecule has 2 heterocycles. The maximum Gasteiger partial charge on any atom is 0.260 e. The SMILES string of the molecule is CN(CC(O)CO)C(=O)c1ccc(C2=C/C(=C3/C(=O)Nc4cc(F)c(F)cc43)OC2(C)C)cc1. The van der Waals surface area contributed by atoms with Gasteiger partial charge in [-0.25, -0.2) is 8.78 Å². The van der Waals surface area contributed by atoms with Gasteiger partial charge in [0.05, 0.1) is 24.0 Å². The van der Waals surface area contributed by atoms with Gasteiger partial charge >= 0.3 is 0 Å². The van der Waals surface area contributed by atoms with Crippen LogP contribution in [0.15, 0.2) is 48.2 Å². The topological polar surface area (TPSA) is 99.1 Å². The molecule has 7 nitrogen and oxygen atoms in total. The molecule has 0 spiro atoms. The van der Waals surface area contributed by atoms with Crippen LogP contribution >= 0.6 is 0 Å². The zero-order valence-corrected chi connectivity index (χ0v) is 18.9. The Hall–Kier alpha value is -3.56. The number of ether oxygens (including phenoxy) is 1. The van der Waals surface area contributed by atoms with Crippen molar-refractivity contribution in [2.75, 3.05) is 25.5 Å². The number of likely N-dealkylation sites (N-methyl/N-ethyl adjacent to an activating group) is 1. The van der Waals surface area contributed by atoms with E-state index in [4.69, 9.17) is 9.84 Å². The highest BCUT2D eigenvalue weighted by atomic mass is 19.2. The van der Waals surface area contributed by atoms with E-state index in [1.54, 1.807) is 30.3 Å². The van der Waals surface area contributed by atoms with E-state index in [-0.39, 0.29) is 35.0 Å². The van der Waals surface area contributed by atoms with E-state index < -0.39 is 35.9 Å². The van der Waals surface area contributed by atoms with Crippen LogP contribution in [0.4, 0.5) is 14.5 Å². The minimum Gasteiger partial charge on any atom is -0.482 e. The lowest BCUT2D eigenvalue weighted by atomic mass is 9.91. The second-order valence-electron chi connectivity index (χ2n) is 8.78. The van der Waals surface area contributed by atoms with E-state index >= 15 is 0 Å². The maximum atomic E-state index is 13.9. The lowest BCUT2D eigenvalue weighted by Crippen LogP contribution is -2.35. The van der Waals surface area contributed by atoms with E-state index in [0.29, 0.717) is 5.56 Å². The van der Waals surface area contributed by atoms with Crippen molar-refractivity contribution in [1.82, 2.24) is 4.90 Å². The van der Waals surface area contributed by atoms with Gasteiger partial charge in [-0.1, -0.05) is 12.1 Å². The lowest BCUT2D eigenvalue weighted by molar-refractivity contribution is -0.111. The molecule has 0 aliphatic carbocycles. The Morgan fingerprint density at radius 3 is 2.47 bits per heavy atom. The summed E-state index contributed by atoms with van der Waals surface area (Å²) in [5, 5.41) is 21.1. The van der Waals surface area contributed by atoms with Gasteiger partial charge in [0.15, 0.2) is 11.6 Å². The fraction of sp³-hybridized carbons (Fsp3) is 0.280. The summed E-state index contributed by atoms with van der Waals surface area (Å²) >= 11 is 0.